The zero-order valence-corrected chi connectivity index (χ0v) is 11.7. The molecular weight excluding hydrogens is 246 g/mol. The Bertz CT molecular complexity index is 342. The molecule has 0 spiro atoms. The number of rotatable bonds is 6. The summed E-state index contributed by atoms with van der Waals surface area (Å²) < 4.78 is 0. The van der Waals surface area contributed by atoms with Crippen molar-refractivity contribution in [2.45, 2.75) is 33.1 Å². The van der Waals surface area contributed by atoms with Gasteiger partial charge in [-0.3, -0.25) is 14.4 Å². The molecule has 0 bridgehead atoms. The maximum absolute atomic E-state index is 11.4. The molecule has 1 rings (SSSR count). The molecular formula is C13H23N3O3. The van der Waals surface area contributed by atoms with Crippen LogP contribution in [0.3, 0.4) is 0 Å². The standard InChI is InChI=1S/C13H23N3O3/c1-10(2)9-15-13(19)12(18)14-6-4-8-16-7-3-5-11(16)17/h10H,3-9H2,1-2H3,(H,14,18)(H,15,19). The fourth-order valence-electron chi connectivity index (χ4n) is 1.87. The van der Waals surface area contributed by atoms with Crippen LogP contribution in [0.4, 0.5) is 0 Å². The minimum absolute atomic E-state index is 0.181. The van der Waals surface area contributed by atoms with Gasteiger partial charge in [0.15, 0.2) is 0 Å². The van der Waals surface area contributed by atoms with Crippen LogP contribution in [0.5, 0.6) is 0 Å². The molecule has 0 atom stereocenters. The summed E-state index contributed by atoms with van der Waals surface area (Å²) in [6.07, 6.45) is 2.22. The van der Waals surface area contributed by atoms with Gasteiger partial charge in [0.05, 0.1) is 0 Å². The smallest absolute Gasteiger partial charge is 0.309 e. The zero-order chi connectivity index (χ0) is 14.3. The van der Waals surface area contributed by atoms with Gasteiger partial charge in [-0.1, -0.05) is 13.8 Å². The van der Waals surface area contributed by atoms with Crippen LogP contribution in [0.2, 0.25) is 0 Å². The van der Waals surface area contributed by atoms with Crippen LogP contribution in [0.25, 0.3) is 0 Å². The highest BCUT2D eigenvalue weighted by Crippen LogP contribution is 2.09. The van der Waals surface area contributed by atoms with Crippen LogP contribution >= 0.6 is 0 Å². The van der Waals surface area contributed by atoms with Gasteiger partial charge < -0.3 is 15.5 Å². The van der Waals surface area contributed by atoms with E-state index < -0.39 is 11.8 Å². The van der Waals surface area contributed by atoms with Crippen LogP contribution in [-0.2, 0) is 14.4 Å². The molecule has 2 N–H and O–H groups in total. The monoisotopic (exact) mass is 269 g/mol. The molecule has 6 heteroatoms. The topological polar surface area (TPSA) is 78.5 Å². The lowest BCUT2D eigenvalue weighted by Crippen LogP contribution is -2.42. The molecule has 0 aromatic heterocycles. The van der Waals surface area contributed by atoms with Crippen molar-refractivity contribution >= 4 is 17.7 Å². The zero-order valence-electron chi connectivity index (χ0n) is 11.7. The summed E-state index contributed by atoms with van der Waals surface area (Å²) in [4.78, 5) is 35.9. The second-order valence-corrected chi connectivity index (χ2v) is 5.20. The Labute approximate surface area is 113 Å². The summed E-state index contributed by atoms with van der Waals surface area (Å²) in [6.45, 7) is 6.29. The molecule has 0 aromatic carbocycles. The van der Waals surface area contributed by atoms with Gasteiger partial charge in [-0.2, -0.15) is 0 Å². The molecule has 0 saturated carbocycles. The highest BCUT2D eigenvalue weighted by atomic mass is 16.2. The molecule has 0 aromatic rings. The highest BCUT2D eigenvalue weighted by Gasteiger charge is 2.19. The van der Waals surface area contributed by atoms with Crippen molar-refractivity contribution in [1.29, 1.82) is 0 Å². The van der Waals surface area contributed by atoms with Gasteiger partial charge in [0.25, 0.3) is 0 Å². The first-order valence-corrected chi connectivity index (χ1v) is 6.84. The molecule has 1 saturated heterocycles. The van der Waals surface area contributed by atoms with Crippen molar-refractivity contribution in [3.63, 3.8) is 0 Å². The minimum Gasteiger partial charge on any atom is -0.348 e. The summed E-state index contributed by atoms with van der Waals surface area (Å²) in [5.74, 6) is -0.696. The highest BCUT2D eigenvalue weighted by molar-refractivity contribution is 6.35. The Morgan fingerprint density at radius 3 is 2.53 bits per heavy atom. The fraction of sp³-hybridized carbons (Fsp3) is 0.769. The van der Waals surface area contributed by atoms with E-state index >= 15 is 0 Å². The molecule has 1 heterocycles. The maximum Gasteiger partial charge on any atom is 0.309 e. The van der Waals surface area contributed by atoms with Gasteiger partial charge in [-0.05, 0) is 18.8 Å². The Morgan fingerprint density at radius 2 is 1.95 bits per heavy atom. The van der Waals surface area contributed by atoms with E-state index in [4.69, 9.17) is 0 Å². The van der Waals surface area contributed by atoms with E-state index in [1.807, 2.05) is 13.8 Å². The van der Waals surface area contributed by atoms with Gasteiger partial charge in [-0.25, -0.2) is 0 Å². The second-order valence-electron chi connectivity index (χ2n) is 5.20. The van der Waals surface area contributed by atoms with Crippen molar-refractivity contribution < 1.29 is 14.4 Å². The number of nitrogens with zero attached hydrogens (tertiary/aromatic N) is 1. The summed E-state index contributed by atoms with van der Waals surface area (Å²) in [5.41, 5.74) is 0. The van der Waals surface area contributed by atoms with E-state index in [0.29, 0.717) is 38.4 Å². The fourth-order valence-corrected chi connectivity index (χ4v) is 1.87. The van der Waals surface area contributed by atoms with E-state index in [1.54, 1.807) is 4.90 Å². The van der Waals surface area contributed by atoms with Crippen molar-refractivity contribution in [1.82, 2.24) is 15.5 Å². The van der Waals surface area contributed by atoms with Gasteiger partial charge in [0.2, 0.25) is 5.91 Å². The lowest BCUT2D eigenvalue weighted by Gasteiger charge is -2.15. The lowest BCUT2D eigenvalue weighted by atomic mass is 10.2. The first-order valence-electron chi connectivity index (χ1n) is 6.84. The van der Waals surface area contributed by atoms with Crippen LogP contribution in [0, 0.1) is 5.92 Å². The van der Waals surface area contributed by atoms with Crippen molar-refractivity contribution in [3.8, 4) is 0 Å². The van der Waals surface area contributed by atoms with Gasteiger partial charge >= 0.3 is 11.8 Å². The quantitative estimate of drug-likeness (QED) is 0.521. The van der Waals surface area contributed by atoms with E-state index in [2.05, 4.69) is 10.6 Å². The molecule has 1 aliphatic heterocycles. The molecule has 0 radical (unpaired) electrons. The van der Waals surface area contributed by atoms with Gasteiger partial charge in [-0.15, -0.1) is 0 Å². The third-order valence-electron chi connectivity index (χ3n) is 2.94. The Balaban J connectivity index is 2.09. The molecule has 1 fully saturated rings. The Kier molecular flexibility index (Phi) is 6.32. The first-order chi connectivity index (χ1) is 9.00. The molecule has 3 amide bonds. The minimum atomic E-state index is -0.603. The van der Waals surface area contributed by atoms with E-state index in [-0.39, 0.29) is 5.91 Å². The number of nitrogens with one attached hydrogen (secondary N) is 2. The Morgan fingerprint density at radius 1 is 1.26 bits per heavy atom. The number of amides is 3. The third kappa shape index (κ3) is 5.72. The van der Waals surface area contributed by atoms with E-state index in [9.17, 15) is 14.4 Å². The molecule has 0 aliphatic carbocycles. The van der Waals surface area contributed by atoms with Crippen molar-refractivity contribution in [3.05, 3.63) is 0 Å². The summed E-state index contributed by atoms with van der Waals surface area (Å²) in [5, 5.41) is 5.11. The SMILES string of the molecule is CC(C)CNC(=O)C(=O)NCCCN1CCCC1=O. The average molecular weight is 269 g/mol. The number of hydrogen-bond donors (Lipinski definition) is 2. The van der Waals surface area contributed by atoms with E-state index in [1.165, 1.54) is 0 Å². The van der Waals surface area contributed by atoms with E-state index in [0.717, 1.165) is 13.0 Å². The number of carbonyl (C=O) groups excluding carboxylic acids is 3. The van der Waals surface area contributed by atoms with Gasteiger partial charge in [0, 0.05) is 32.6 Å². The summed E-state index contributed by atoms with van der Waals surface area (Å²) in [6, 6.07) is 0. The van der Waals surface area contributed by atoms with Crippen LogP contribution < -0.4 is 10.6 Å². The predicted octanol–water partition coefficient (Wildman–Crippen LogP) is -0.113. The summed E-state index contributed by atoms with van der Waals surface area (Å²) >= 11 is 0. The second kappa shape index (κ2) is 7.76. The van der Waals surface area contributed by atoms with Crippen molar-refractivity contribution in [2.24, 2.45) is 5.92 Å². The molecule has 0 unspecified atom stereocenters. The summed E-state index contributed by atoms with van der Waals surface area (Å²) in [7, 11) is 0. The van der Waals surface area contributed by atoms with Crippen LogP contribution in [0.1, 0.15) is 33.1 Å². The molecule has 19 heavy (non-hydrogen) atoms. The van der Waals surface area contributed by atoms with Crippen LogP contribution in [0.15, 0.2) is 0 Å². The Hall–Kier alpha value is -1.59. The maximum atomic E-state index is 11.4. The number of likely N-dealkylation sites (tertiary alicyclic amines) is 1. The van der Waals surface area contributed by atoms with Crippen LogP contribution in [-0.4, -0.2) is 48.8 Å². The molecule has 108 valence electrons. The predicted molar refractivity (Wildman–Crippen MR) is 71.3 cm³/mol. The van der Waals surface area contributed by atoms with Gasteiger partial charge in [0.1, 0.15) is 0 Å². The average Bonchev–Trinajstić information content (AvgIpc) is 2.77. The molecule has 1 aliphatic rings. The molecule has 6 nitrogen and oxygen atoms in total. The number of carbonyl (C=O) groups is 3. The first kappa shape index (κ1) is 15.5. The van der Waals surface area contributed by atoms with Crippen molar-refractivity contribution in [2.75, 3.05) is 26.2 Å². The third-order valence-corrected chi connectivity index (χ3v) is 2.94. The normalized spacial score (nSPS) is 14.9. The number of hydrogen-bond acceptors (Lipinski definition) is 3. The lowest BCUT2D eigenvalue weighted by molar-refractivity contribution is -0.139. The largest absolute Gasteiger partial charge is 0.348 e.